The summed E-state index contributed by atoms with van der Waals surface area (Å²) in [6.07, 6.45) is 1.94. The molecule has 1 heterocycles. The van der Waals surface area contributed by atoms with Gasteiger partial charge in [0.25, 0.3) is 0 Å². The number of nitrogens with zero attached hydrogens (tertiary/aromatic N) is 1. The summed E-state index contributed by atoms with van der Waals surface area (Å²) in [7, 11) is 1.73. The Morgan fingerprint density at radius 2 is 2.15 bits per heavy atom. The van der Waals surface area contributed by atoms with Crippen LogP contribution in [-0.4, -0.2) is 58.6 Å². The van der Waals surface area contributed by atoms with Crippen LogP contribution in [0.5, 0.6) is 5.75 Å². The zero-order valence-electron chi connectivity index (χ0n) is 15.7. The summed E-state index contributed by atoms with van der Waals surface area (Å²) in [6.45, 7) is 6.52. The molecular formula is C19H30FN3O3. The number of rotatable bonds is 10. The molecule has 26 heavy (non-hydrogen) atoms. The second kappa shape index (κ2) is 11.7. The third kappa shape index (κ3) is 8.01. The van der Waals surface area contributed by atoms with Gasteiger partial charge >= 0.3 is 0 Å². The van der Waals surface area contributed by atoms with Crippen molar-refractivity contribution in [2.75, 3.05) is 46.6 Å². The quantitative estimate of drug-likeness (QED) is 0.377. The Morgan fingerprint density at radius 1 is 1.35 bits per heavy atom. The van der Waals surface area contributed by atoms with E-state index in [4.69, 9.17) is 14.2 Å². The van der Waals surface area contributed by atoms with Crippen LogP contribution in [0.1, 0.15) is 19.8 Å². The van der Waals surface area contributed by atoms with E-state index in [0.717, 1.165) is 51.8 Å². The van der Waals surface area contributed by atoms with Crippen LogP contribution in [0.25, 0.3) is 0 Å². The van der Waals surface area contributed by atoms with Crippen LogP contribution < -0.4 is 15.4 Å². The van der Waals surface area contributed by atoms with Gasteiger partial charge in [0.15, 0.2) is 5.96 Å². The zero-order valence-corrected chi connectivity index (χ0v) is 15.7. The topological polar surface area (TPSA) is 64.1 Å². The standard InChI is InChI=1S/C19H30FN3O3/c1-15(26-18-6-4-17(20)5-7-18)12-23-19(21-2)22-9-3-10-24-13-16-8-11-25-14-16/h4-7,15-16H,3,8-14H2,1-2H3,(H2,21,22,23). The van der Waals surface area contributed by atoms with Crippen LogP contribution in [0, 0.1) is 11.7 Å². The van der Waals surface area contributed by atoms with Gasteiger partial charge < -0.3 is 24.8 Å². The number of ether oxygens (including phenoxy) is 3. The number of halogens is 1. The van der Waals surface area contributed by atoms with Gasteiger partial charge in [0, 0.05) is 32.7 Å². The van der Waals surface area contributed by atoms with Crippen molar-refractivity contribution in [3.8, 4) is 5.75 Å². The van der Waals surface area contributed by atoms with Gasteiger partial charge in [0.2, 0.25) is 0 Å². The molecule has 7 heteroatoms. The normalized spacial score (nSPS) is 18.6. The summed E-state index contributed by atoms with van der Waals surface area (Å²) in [6, 6.07) is 6.02. The van der Waals surface area contributed by atoms with E-state index < -0.39 is 0 Å². The Kier molecular flexibility index (Phi) is 9.20. The lowest BCUT2D eigenvalue weighted by atomic mass is 10.1. The first-order chi connectivity index (χ1) is 12.7. The van der Waals surface area contributed by atoms with Gasteiger partial charge in [0.1, 0.15) is 17.7 Å². The molecule has 0 bridgehead atoms. The summed E-state index contributed by atoms with van der Waals surface area (Å²) in [5.74, 6) is 1.66. The monoisotopic (exact) mass is 367 g/mol. The van der Waals surface area contributed by atoms with Crippen LogP contribution in [0.15, 0.2) is 29.3 Å². The second-order valence-electron chi connectivity index (χ2n) is 6.42. The number of aliphatic imine (C=N–C) groups is 1. The minimum absolute atomic E-state index is 0.0732. The van der Waals surface area contributed by atoms with Gasteiger partial charge in [-0.25, -0.2) is 4.39 Å². The molecule has 0 radical (unpaired) electrons. The van der Waals surface area contributed by atoms with E-state index in [1.807, 2.05) is 6.92 Å². The van der Waals surface area contributed by atoms with E-state index in [-0.39, 0.29) is 11.9 Å². The smallest absolute Gasteiger partial charge is 0.191 e. The van der Waals surface area contributed by atoms with Crippen molar-refractivity contribution in [2.45, 2.75) is 25.9 Å². The SMILES string of the molecule is CN=C(NCCCOCC1CCOC1)NCC(C)Oc1ccc(F)cc1. The van der Waals surface area contributed by atoms with Gasteiger partial charge in [-0.2, -0.15) is 0 Å². The minimum atomic E-state index is -0.270. The van der Waals surface area contributed by atoms with Gasteiger partial charge in [-0.1, -0.05) is 0 Å². The van der Waals surface area contributed by atoms with Crippen molar-refractivity contribution in [3.05, 3.63) is 30.1 Å². The summed E-state index contributed by atoms with van der Waals surface area (Å²) >= 11 is 0. The van der Waals surface area contributed by atoms with Crippen molar-refractivity contribution in [3.63, 3.8) is 0 Å². The summed E-state index contributed by atoms with van der Waals surface area (Å²) in [5.41, 5.74) is 0. The second-order valence-corrected chi connectivity index (χ2v) is 6.42. The number of benzene rings is 1. The van der Waals surface area contributed by atoms with E-state index in [0.29, 0.717) is 18.2 Å². The molecule has 1 aromatic rings. The van der Waals surface area contributed by atoms with Crippen molar-refractivity contribution in [1.29, 1.82) is 0 Å². The predicted molar refractivity (Wildman–Crippen MR) is 100 cm³/mol. The summed E-state index contributed by atoms with van der Waals surface area (Å²) < 4.78 is 29.6. The first-order valence-electron chi connectivity index (χ1n) is 9.19. The molecule has 1 saturated heterocycles. The van der Waals surface area contributed by atoms with Crippen LogP contribution >= 0.6 is 0 Å². The van der Waals surface area contributed by atoms with Crippen molar-refractivity contribution < 1.29 is 18.6 Å². The number of hydrogen-bond donors (Lipinski definition) is 2. The fourth-order valence-corrected chi connectivity index (χ4v) is 2.59. The lowest BCUT2D eigenvalue weighted by molar-refractivity contribution is 0.0888. The number of hydrogen-bond acceptors (Lipinski definition) is 4. The summed E-state index contributed by atoms with van der Waals surface area (Å²) in [5, 5.41) is 6.47. The zero-order chi connectivity index (χ0) is 18.6. The van der Waals surface area contributed by atoms with E-state index >= 15 is 0 Å². The average molecular weight is 367 g/mol. The van der Waals surface area contributed by atoms with Gasteiger partial charge in [0.05, 0.1) is 19.8 Å². The van der Waals surface area contributed by atoms with E-state index in [2.05, 4.69) is 15.6 Å². The largest absolute Gasteiger partial charge is 0.489 e. The Balaban J connectivity index is 1.53. The van der Waals surface area contributed by atoms with Crippen LogP contribution in [0.3, 0.4) is 0 Å². The molecule has 1 fully saturated rings. The van der Waals surface area contributed by atoms with E-state index in [1.165, 1.54) is 12.1 Å². The molecule has 2 N–H and O–H groups in total. The maximum absolute atomic E-state index is 12.9. The Morgan fingerprint density at radius 3 is 2.85 bits per heavy atom. The van der Waals surface area contributed by atoms with Gasteiger partial charge in [-0.3, -0.25) is 4.99 Å². The molecule has 0 saturated carbocycles. The maximum atomic E-state index is 12.9. The Bertz CT molecular complexity index is 533. The Hall–Kier alpha value is -1.86. The maximum Gasteiger partial charge on any atom is 0.191 e. The van der Waals surface area contributed by atoms with Crippen molar-refractivity contribution in [1.82, 2.24) is 10.6 Å². The van der Waals surface area contributed by atoms with Crippen molar-refractivity contribution in [2.24, 2.45) is 10.9 Å². The molecule has 2 atom stereocenters. The van der Waals surface area contributed by atoms with Crippen LogP contribution in [0.2, 0.25) is 0 Å². The molecule has 2 unspecified atom stereocenters. The lowest BCUT2D eigenvalue weighted by Gasteiger charge is -2.18. The van der Waals surface area contributed by atoms with Gasteiger partial charge in [-0.15, -0.1) is 0 Å². The van der Waals surface area contributed by atoms with E-state index in [9.17, 15) is 4.39 Å². The lowest BCUT2D eigenvalue weighted by Crippen LogP contribution is -2.42. The minimum Gasteiger partial charge on any atom is -0.489 e. The van der Waals surface area contributed by atoms with E-state index in [1.54, 1.807) is 19.2 Å². The molecular weight excluding hydrogens is 337 g/mol. The highest BCUT2D eigenvalue weighted by molar-refractivity contribution is 5.79. The molecule has 0 aliphatic carbocycles. The first-order valence-corrected chi connectivity index (χ1v) is 9.19. The molecule has 6 nitrogen and oxygen atoms in total. The Labute approximate surface area is 155 Å². The highest BCUT2D eigenvalue weighted by Crippen LogP contribution is 2.13. The number of nitrogens with one attached hydrogen (secondary N) is 2. The molecule has 146 valence electrons. The fourth-order valence-electron chi connectivity index (χ4n) is 2.59. The molecule has 0 aromatic heterocycles. The molecule has 2 rings (SSSR count). The molecule has 1 aromatic carbocycles. The molecule has 1 aliphatic rings. The highest BCUT2D eigenvalue weighted by Gasteiger charge is 2.15. The number of guanidine groups is 1. The third-order valence-electron chi connectivity index (χ3n) is 4.07. The van der Waals surface area contributed by atoms with Crippen LogP contribution in [-0.2, 0) is 9.47 Å². The molecule has 1 aliphatic heterocycles. The highest BCUT2D eigenvalue weighted by atomic mass is 19.1. The molecule has 0 spiro atoms. The first kappa shape index (κ1) is 20.5. The molecule has 0 amide bonds. The average Bonchev–Trinajstić information content (AvgIpc) is 3.16. The van der Waals surface area contributed by atoms with Crippen molar-refractivity contribution >= 4 is 5.96 Å². The van der Waals surface area contributed by atoms with Crippen LogP contribution in [0.4, 0.5) is 4.39 Å². The summed E-state index contributed by atoms with van der Waals surface area (Å²) in [4.78, 5) is 4.19. The fraction of sp³-hybridized carbons (Fsp3) is 0.632. The van der Waals surface area contributed by atoms with Gasteiger partial charge in [-0.05, 0) is 44.0 Å². The predicted octanol–water partition coefficient (Wildman–Crippen LogP) is 2.20. The third-order valence-corrected chi connectivity index (χ3v) is 4.07.